The Morgan fingerprint density at radius 1 is 1.11 bits per heavy atom. The van der Waals surface area contributed by atoms with Gasteiger partial charge in [-0.05, 0) is 48.1 Å². The average Bonchev–Trinajstić information content (AvgIpc) is 3.41. The first-order chi connectivity index (χ1) is 17.2. The molecule has 0 saturated carbocycles. The predicted octanol–water partition coefficient (Wildman–Crippen LogP) is 4.24. The van der Waals surface area contributed by atoms with Gasteiger partial charge in [0.05, 0.1) is 12.6 Å². The zero-order valence-electron chi connectivity index (χ0n) is 19.9. The van der Waals surface area contributed by atoms with Gasteiger partial charge in [-0.1, -0.05) is 48.5 Å². The SMILES string of the molecule is O=C(NCc1ccc(N2CCc3ccccc3C2)nc1)N(Cc1ccccc1O)CC1CCCO1. The van der Waals surface area contributed by atoms with Crippen molar-refractivity contribution in [3.8, 4) is 5.75 Å². The Hall–Kier alpha value is -3.58. The van der Waals surface area contributed by atoms with Crippen molar-refractivity contribution in [2.75, 3.05) is 24.6 Å². The van der Waals surface area contributed by atoms with Gasteiger partial charge in [-0.3, -0.25) is 0 Å². The number of anilines is 1. The van der Waals surface area contributed by atoms with Gasteiger partial charge in [0.1, 0.15) is 11.6 Å². The Kier molecular flexibility index (Phi) is 7.14. The molecular formula is C28H32N4O3. The summed E-state index contributed by atoms with van der Waals surface area (Å²) in [5.74, 6) is 1.15. The summed E-state index contributed by atoms with van der Waals surface area (Å²) in [6.07, 6.45) is 4.84. The first kappa shape index (κ1) is 23.2. The van der Waals surface area contributed by atoms with Crippen molar-refractivity contribution in [3.05, 3.63) is 89.1 Å². The second-order valence-electron chi connectivity index (χ2n) is 9.27. The lowest BCUT2D eigenvalue weighted by Crippen LogP contribution is -2.43. The molecular weight excluding hydrogens is 440 g/mol. The van der Waals surface area contributed by atoms with Gasteiger partial charge in [-0.25, -0.2) is 9.78 Å². The molecule has 35 heavy (non-hydrogen) atoms. The number of amides is 2. The van der Waals surface area contributed by atoms with E-state index in [0.29, 0.717) is 19.6 Å². The van der Waals surface area contributed by atoms with Crippen molar-refractivity contribution in [2.45, 2.75) is 45.0 Å². The number of pyridine rings is 1. The fourth-order valence-electron chi connectivity index (χ4n) is 4.79. The van der Waals surface area contributed by atoms with Crippen molar-refractivity contribution < 1.29 is 14.6 Å². The summed E-state index contributed by atoms with van der Waals surface area (Å²) >= 11 is 0. The molecule has 7 nitrogen and oxygen atoms in total. The third-order valence-electron chi connectivity index (χ3n) is 6.80. The summed E-state index contributed by atoms with van der Waals surface area (Å²) in [5.41, 5.74) is 4.43. The quantitative estimate of drug-likeness (QED) is 0.538. The van der Waals surface area contributed by atoms with E-state index in [2.05, 4.69) is 39.5 Å². The van der Waals surface area contributed by atoms with Gasteiger partial charge in [0.15, 0.2) is 0 Å². The van der Waals surface area contributed by atoms with Crippen LogP contribution in [-0.2, 0) is 30.8 Å². The number of aromatic hydroxyl groups is 1. The van der Waals surface area contributed by atoms with Crippen LogP contribution in [0.3, 0.4) is 0 Å². The largest absolute Gasteiger partial charge is 0.508 e. The second kappa shape index (κ2) is 10.8. The minimum Gasteiger partial charge on any atom is -0.508 e. The lowest BCUT2D eigenvalue weighted by molar-refractivity contribution is 0.0792. The molecule has 1 saturated heterocycles. The normalized spacial score (nSPS) is 17.1. The standard InChI is InChI=1S/C28H32N4O3/c33-26-10-4-3-8-24(26)19-32(20-25-9-5-15-35-25)28(34)30-17-21-11-12-27(29-16-21)31-14-13-22-6-1-2-7-23(22)18-31/h1-4,6-8,10-12,16,25,33H,5,9,13-15,17-20H2,(H,30,34). The molecule has 182 valence electrons. The number of phenolic OH excluding ortho intramolecular Hbond substituents is 1. The van der Waals surface area contributed by atoms with Crippen molar-refractivity contribution in [1.29, 1.82) is 0 Å². The van der Waals surface area contributed by atoms with E-state index in [1.165, 1.54) is 11.1 Å². The van der Waals surface area contributed by atoms with Gasteiger partial charge in [-0.2, -0.15) is 0 Å². The molecule has 1 atom stereocenters. The summed E-state index contributed by atoms with van der Waals surface area (Å²) in [6.45, 7) is 3.75. The number of rotatable bonds is 7. The van der Waals surface area contributed by atoms with Crippen molar-refractivity contribution in [2.24, 2.45) is 0 Å². The molecule has 2 aliphatic heterocycles. The summed E-state index contributed by atoms with van der Waals surface area (Å²) in [5, 5.41) is 13.2. The van der Waals surface area contributed by atoms with Crippen molar-refractivity contribution in [3.63, 3.8) is 0 Å². The third-order valence-corrected chi connectivity index (χ3v) is 6.80. The van der Waals surface area contributed by atoms with Crippen LogP contribution in [0.25, 0.3) is 0 Å². The topological polar surface area (TPSA) is 77.9 Å². The van der Waals surface area contributed by atoms with E-state index in [9.17, 15) is 9.90 Å². The number of nitrogens with one attached hydrogen (secondary N) is 1. The number of ether oxygens (including phenoxy) is 1. The monoisotopic (exact) mass is 472 g/mol. The number of aromatic nitrogens is 1. The Balaban J connectivity index is 1.20. The third kappa shape index (κ3) is 5.74. The van der Waals surface area contributed by atoms with Crippen LogP contribution in [0.15, 0.2) is 66.9 Å². The Bertz CT molecular complexity index is 1140. The number of fused-ring (bicyclic) bond motifs is 1. The highest BCUT2D eigenvalue weighted by atomic mass is 16.5. The van der Waals surface area contributed by atoms with Gasteiger partial charge in [0.2, 0.25) is 0 Å². The lowest BCUT2D eigenvalue weighted by Gasteiger charge is -2.29. The van der Waals surface area contributed by atoms with Crippen LogP contribution in [0.5, 0.6) is 5.75 Å². The summed E-state index contributed by atoms with van der Waals surface area (Å²) in [7, 11) is 0. The minimum atomic E-state index is -0.180. The highest BCUT2D eigenvalue weighted by molar-refractivity contribution is 5.74. The van der Waals surface area contributed by atoms with E-state index in [1.807, 2.05) is 30.5 Å². The molecule has 2 aliphatic rings. The number of nitrogens with zero attached hydrogens (tertiary/aromatic N) is 3. The van der Waals surface area contributed by atoms with E-state index >= 15 is 0 Å². The van der Waals surface area contributed by atoms with Gasteiger partial charge >= 0.3 is 6.03 Å². The zero-order chi connectivity index (χ0) is 24.0. The van der Waals surface area contributed by atoms with Crippen LogP contribution in [0.1, 0.15) is 35.1 Å². The van der Waals surface area contributed by atoms with Crippen LogP contribution in [0.2, 0.25) is 0 Å². The molecule has 0 radical (unpaired) electrons. The van der Waals surface area contributed by atoms with Crippen LogP contribution in [0.4, 0.5) is 10.6 Å². The number of carbonyl (C=O) groups is 1. The van der Waals surface area contributed by atoms with E-state index in [-0.39, 0.29) is 17.9 Å². The highest BCUT2D eigenvalue weighted by Gasteiger charge is 2.23. The van der Waals surface area contributed by atoms with E-state index in [0.717, 1.165) is 55.9 Å². The molecule has 1 unspecified atom stereocenters. The molecule has 0 spiro atoms. The van der Waals surface area contributed by atoms with E-state index in [4.69, 9.17) is 4.74 Å². The Labute approximate surface area is 206 Å². The maximum atomic E-state index is 13.1. The number of urea groups is 1. The van der Waals surface area contributed by atoms with Crippen LogP contribution in [0, 0.1) is 0 Å². The number of para-hydroxylation sites is 1. The van der Waals surface area contributed by atoms with E-state index < -0.39 is 0 Å². The Morgan fingerprint density at radius 2 is 1.94 bits per heavy atom. The second-order valence-corrected chi connectivity index (χ2v) is 9.27. The molecule has 3 heterocycles. The molecule has 3 aromatic rings. The number of carbonyl (C=O) groups excluding carboxylic acids is 1. The van der Waals surface area contributed by atoms with Crippen LogP contribution < -0.4 is 10.2 Å². The molecule has 0 bridgehead atoms. The van der Waals surface area contributed by atoms with E-state index in [1.54, 1.807) is 17.0 Å². The lowest BCUT2D eigenvalue weighted by atomic mass is 10.00. The summed E-state index contributed by atoms with van der Waals surface area (Å²) in [4.78, 5) is 21.8. The van der Waals surface area contributed by atoms with Gasteiger partial charge in [-0.15, -0.1) is 0 Å². The zero-order valence-corrected chi connectivity index (χ0v) is 19.9. The van der Waals surface area contributed by atoms with Gasteiger partial charge < -0.3 is 25.0 Å². The molecule has 2 amide bonds. The van der Waals surface area contributed by atoms with Crippen molar-refractivity contribution >= 4 is 11.8 Å². The summed E-state index contributed by atoms with van der Waals surface area (Å²) in [6, 6.07) is 19.6. The fraction of sp³-hybridized carbons (Fsp3) is 0.357. The summed E-state index contributed by atoms with van der Waals surface area (Å²) < 4.78 is 5.76. The number of hydrogen-bond donors (Lipinski definition) is 2. The minimum absolute atomic E-state index is 0.0298. The molecule has 2 aromatic carbocycles. The molecule has 1 aromatic heterocycles. The smallest absolute Gasteiger partial charge is 0.318 e. The molecule has 2 N–H and O–H groups in total. The molecule has 0 aliphatic carbocycles. The number of benzene rings is 2. The molecule has 1 fully saturated rings. The van der Waals surface area contributed by atoms with Crippen LogP contribution in [-0.4, -0.2) is 46.8 Å². The molecule has 7 heteroatoms. The number of phenols is 1. The Morgan fingerprint density at radius 3 is 2.71 bits per heavy atom. The average molecular weight is 473 g/mol. The van der Waals surface area contributed by atoms with Gasteiger partial charge in [0.25, 0.3) is 0 Å². The number of hydrogen-bond acceptors (Lipinski definition) is 5. The van der Waals surface area contributed by atoms with Crippen LogP contribution >= 0.6 is 0 Å². The first-order valence-electron chi connectivity index (χ1n) is 12.3. The molecule has 5 rings (SSSR count). The van der Waals surface area contributed by atoms with Crippen molar-refractivity contribution in [1.82, 2.24) is 15.2 Å². The first-order valence-corrected chi connectivity index (χ1v) is 12.3. The maximum Gasteiger partial charge on any atom is 0.318 e. The fourth-order valence-corrected chi connectivity index (χ4v) is 4.79. The highest BCUT2D eigenvalue weighted by Crippen LogP contribution is 2.23. The van der Waals surface area contributed by atoms with Gasteiger partial charge in [0, 0.05) is 44.5 Å². The predicted molar refractivity (Wildman–Crippen MR) is 135 cm³/mol. The maximum absolute atomic E-state index is 13.1.